The summed E-state index contributed by atoms with van der Waals surface area (Å²) in [6.07, 6.45) is 0. The topological polar surface area (TPSA) is 26.3 Å². The molecule has 0 aliphatic heterocycles. The molecule has 0 saturated heterocycles. The highest BCUT2D eigenvalue weighted by Gasteiger charge is 2.07. The van der Waals surface area contributed by atoms with Gasteiger partial charge in [-0.3, -0.25) is 4.79 Å². The minimum Gasteiger partial charge on any atom is -0.497 e. The second-order valence-electron chi connectivity index (χ2n) is 3.93. The molecule has 1 heterocycles. The van der Waals surface area contributed by atoms with Crippen LogP contribution < -0.4 is 10.2 Å². The van der Waals surface area contributed by atoms with Crippen molar-refractivity contribution in [3.8, 4) is 5.75 Å². The average molecular weight is 260 g/mol. The van der Waals surface area contributed by atoms with Crippen LogP contribution in [0.5, 0.6) is 5.75 Å². The average Bonchev–Trinajstić information content (AvgIpc) is 2.40. The fraction of sp³-hybridized carbons (Fsp3) is 0.0714. The molecule has 2 nitrogen and oxygen atoms in total. The van der Waals surface area contributed by atoms with Crippen LogP contribution in [0.15, 0.2) is 41.2 Å². The summed E-state index contributed by atoms with van der Waals surface area (Å²) in [4.78, 5) is 12.3. The van der Waals surface area contributed by atoms with E-state index in [1.165, 1.54) is 23.5 Å². The van der Waals surface area contributed by atoms with E-state index in [0.717, 1.165) is 9.40 Å². The van der Waals surface area contributed by atoms with Crippen LogP contribution in [0, 0.1) is 5.82 Å². The molecule has 0 unspecified atom stereocenters. The highest BCUT2D eigenvalue weighted by atomic mass is 32.1. The van der Waals surface area contributed by atoms with Crippen molar-refractivity contribution in [2.75, 3.05) is 7.11 Å². The monoisotopic (exact) mass is 260 g/mol. The molecule has 0 spiro atoms. The first-order valence-corrected chi connectivity index (χ1v) is 6.21. The van der Waals surface area contributed by atoms with E-state index in [2.05, 4.69) is 0 Å². The number of hydrogen-bond donors (Lipinski definition) is 0. The van der Waals surface area contributed by atoms with Crippen molar-refractivity contribution >= 4 is 31.5 Å². The van der Waals surface area contributed by atoms with E-state index in [9.17, 15) is 9.18 Å². The predicted molar refractivity (Wildman–Crippen MR) is 72.1 cm³/mol. The number of benzene rings is 2. The maximum absolute atomic E-state index is 13.2. The lowest BCUT2D eigenvalue weighted by Gasteiger charge is -2.03. The van der Waals surface area contributed by atoms with E-state index >= 15 is 0 Å². The van der Waals surface area contributed by atoms with Gasteiger partial charge in [0.15, 0.2) is 5.43 Å². The Morgan fingerprint density at radius 3 is 2.44 bits per heavy atom. The van der Waals surface area contributed by atoms with Crippen molar-refractivity contribution in [2.24, 2.45) is 0 Å². The number of fused-ring (bicyclic) bond motifs is 2. The minimum absolute atomic E-state index is 0.155. The van der Waals surface area contributed by atoms with Gasteiger partial charge in [0, 0.05) is 20.2 Å². The van der Waals surface area contributed by atoms with Gasteiger partial charge in [-0.15, -0.1) is 11.3 Å². The van der Waals surface area contributed by atoms with Gasteiger partial charge in [0.25, 0.3) is 0 Å². The molecule has 0 fully saturated rings. The Bertz CT molecular complexity index is 808. The lowest BCUT2D eigenvalue weighted by atomic mass is 10.2. The Labute approximate surface area is 106 Å². The molecule has 1 aromatic heterocycles. The summed E-state index contributed by atoms with van der Waals surface area (Å²) in [7, 11) is 1.55. The van der Waals surface area contributed by atoms with Crippen molar-refractivity contribution < 1.29 is 9.13 Å². The predicted octanol–water partition coefficient (Wildman–Crippen LogP) is 3.56. The molecule has 2 aromatic carbocycles. The second kappa shape index (κ2) is 4.07. The van der Waals surface area contributed by atoms with Crippen molar-refractivity contribution in [2.45, 2.75) is 0 Å². The van der Waals surface area contributed by atoms with Gasteiger partial charge in [0.1, 0.15) is 11.6 Å². The number of methoxy groups -OCH3 is 1. The molecule has 0 atom stereocenters. The van der Waals surface area contributed by atoms with Gasteiger partial charge in [0.2, 0.25) is 0 Å². The zero-order valence-electron chi connectivity index (χ0n) is 9.57. The number of ether oxygens (including phenoxy) is 1. The van der Waals surface area contributed by atoms with E-state index in [4.69, 9.17) is 4.74 Å². The zero-order valence-corrected chi connectivity index (χ0v) is 10.4. The highest BCUT2D eigenvalue weighted by molar-refractivity contribution is 7.24. The van der Waals surface area contributed by atoms with Crippen molar-refractivity contribution in [1.29, 1.82) is 0 Å². The molecule has 3 rings (SSSR count). The van der Waals surface area contributed by atoms with E-state index in [1.807, 2.05) is 12.1 Å². The molecule has 0 bridgehead atoms. The van der Waals surface area contributed by atoms with Crippen LogP contribution in [0.1, 0.15) is 0 Å². The SMILES string of the molecule is COc1ccc2sc3ccc(F)cc3c(=O)c2c1. The molecule has 90 valence electrons. The Hall–Kier alpha value is -1.94. The maximum atomic E-state index is 13.2. The van der Waals surface area contributed by atoms with E-state index in [0.29, 0.717) is 16.5 Å². The quantitative estimate of drug-likeness (QED) is 0.625. The first-order chi connectivity index (χ1) is 8.69. The fourth-order valence-electron chi connectivity index (χ4n) is 1.93. The van der Waals surface area contributed by atoms with Gasteiger partial charge in [-0.2, -0.15) is 0 Å². The molecule has 0 saturated carbocycles. The molecule has 0 N–H and O–H groups in total. The van der Waals surface area contributed by atoms with Crippen molar-refractivity contribution in [3.63, 3.8) is 0 Å². The third-order valence-corrected chi connectivity index (χ3v) is 3.99. The number of hydrogen-bond acceptors (Lipinski definition) is 3. The van der Waals surface area contributed by atoms with Gasteiger partial charge in [-0.1, -0.05) is 0 Å². The van der Waals surface area contributed by atoms with Gasteiger partial charge < -0.3 is 4.74 Å². The first-order valence-electron chi connectivity index (χ1n) is 5.39. The molecule has 0 aliphatic rings. The number of halogens is 1. The van der Waals surface area contributed by atoms with Crippen molar-refractivity contribution in [3.05, 3.63) is 52.4 Å². The largest absolute Gasteiger partial charge is 0.497 e. The molecule has 0 radical (unpaired) electrons. The van der Waals surface area contributed by atoms with E-state index in [1.54, 1.807) is 19.2 Å². The summed E-state index contributed by atoms with van der Waals surface area (Å²) >= 11 is 1.47. The maximum Gasteiger partial charge on any atom is 0.196 e. The summed E-state index contributed by atoms with van der Waals surface area (Å²) in [5.41, 5.74) is -0.155. The molecule has 0 amide bonds. The van der Waals surface area contributed by atoms with E-state index in [-0.39, 0.29) is 5.43 Å². The van der Waals surface area contributed by atoms with Crippen LogP contribution in [0.25, 0.3) is 20.2 Å². The van der Waals surface area contributed by atoms with Crippen LogP contribution in [-0.2, 0) is 0 Å². The van der Waals surface area contributed by atoms with Crippen LogP contribution >= 0.6 is 11.3 Å². The lowest BCUT2D eigenvalue weighted by Crippen LogP contribution is -2.01. The molecule has 4 heteroatoms. The summed E-state index contributed by atoms with van der Waals surface area (Å²) in [6.45, 7) is 0. The molecule has 18 heavy (non-hydrogen) atoms. The highest BCUT2D eigenvalue weighted by Crippen LogP contribution is 2.27. The van der Waals surface area contributed by atoms with E-state index < -0.39 is 5.82 Å². The lowest BCUT2D eigenvalue weighted by molar-refractivity contribution is 0.415. The third-order valence-electron chi connectivity index (χ3n) is 2.84. The third kappa shape index (κ3) is 1.66. The Kier molecular flexibility index (Phi) is 2.52. The zero-order chi connectivity index (χ0) is 12.7. The Balaban J connectivity index is 2.49. The van der Waals surface area contributed by atoms with Crippen LogP contribution in [-0.4, -0.2) is 7.11 Å². The van der Waals surface area contributed by atoms with Gasteiger partial charge >= 0.3 is 0 Å². The smallest absolute Gasteiger partial charge is 0.196 e. The normalized spacial score (nSPS) is 11.0. The Morgan fingerprint density at radius 1 is 1.06 bits per heavy atom. The first kappa shape index (κ1) is 11.2. The summed E-state index contributed by atoms with van der Waals surface area (Å²) in [6, 6.07) is 9.65. The van der Waals surface area contributed by atoms with Gasteiger partial charge in [-0.05, 0) is 36.4 Å². The molecule has 3 aromatic rings. The van der Waals surface area contributed by atoms with Crippen molar-refractivity contribution in [1.82, 2.24) is 0 Å². The molecular formula is C14H9FO2S. The molecular weight excluding hydrogens is 251 g/mol. The fourth-order valence-corrected chi connectivity index (χ4v) is 2.97. The minimum atomic E-state index is -0.394. The standard InChI is InChI=1S/C14H9FO2S/c1-17-9-3-5-13-11(7-9)14(16)10-6-8(15)2-4-12(10)18-13/h2-7H,1H3. The Morgan fingerprint density at radius 2 is 1.72 bits per heavy atom. The summed E-state index contributed by atoms with van der Waals surface area (Å²) in [5.74, 6) is 0.233. The van der Waals surface area contributed by atoms with Gasteiger partial charge in [-0.25, -0.2) is 4.39 Å². The summed E-state index contributed by atoms with van der Waals surface area (Å²) in [5, 5.41) is 0.984. The second-order valence-corrected chi connectivity index (χ2v) is 5.02. The van der Waals surface area contributed by atoms with Crippen LogP contribution in [0.4, 0.5) is 4.39 Å². The van der Waals surface area contributed by atoms with Crippen LogP contribution in [0.2, 0.25) is 0 Å². The summed E-state index contributed by atoms with van der Waals surface area (Å²) < 4.78 is 20.0. The van der Waals surface area contributed by atoms with Crippen LogP contribution in [0.3, 0.4) is 0 Å². The van der Waals surface area contributed by atoms with Gasteiger partial charge in [0.05, 0.1) is 7.11 Å². The molecule has 0 aliphatic carbocycles. The number of rotatable bonds is 1.